The highest BCUT2D eigenvalue weighted by atomic mass is 35.5. The van der Waals surface area contributed by atoms with E-state index < -0.39 is 30.9 Å². The van der Waals surface area contributed by atoms with Gasteiger partial charge in [0.25, 0.3) is 10.0 Å². The molecule has 6 rings (SSSR count). The molecule has 2 aromatic heterocycles. The molecule has 0 radical (unpaired) electrons. The second kappa shape index (κ2) is 10.2. The van der Waals surface area contributed by atoms with Gasteiger partial charge in [-0.05, 0) is 69.0 Å². The molecule has 41 heavy (non-hydrogen) atoms. The molecule has 2 aliphatic rings. The van der Waals surface area contributed by atoms with Gasteiger partial charge in [0.1, 0.15) is 0 Å². The fourth-order valence-corrected chi connectivity index (χ4v) is 7.84. The number of hydrogen-bond donors (Lipinski definition) is 0. The summed E-state index contributed by atoms with van der Waals surface area (Å²) in [5, 5.41) is 4.90. The van der Waals surface area contributed by atoms with E-state index in [4.69, 9.17) is 11.6 Å². The zero-order valence-electron chi connectivity index (χ0n) is 22.4. The molecule has 0 N–H and O–H groups in total. The number of aromatic nitrogens is 4. The Morgan fingerprint density at radius 2 is 1.61 bits per heavy atom. The number of benzene rings is 2. The summed E-state index contributed by atoms with van der Waals surface area (Å²) in [6.45, 7) is 4.73. The van der Waals surface area contributed by atoms with Crippen LogP contribution in [0.2, 0.25) is 5.02 Å². The second-order valence-corrected chi connectivity index (χ2v) is 15.3. The molecular weight excluding hydrogens is 591 g/mol. The van der Waals surface area contributed by atoms with Gasteiger partial charge in [0, 0.05) is 19.6 Å². The molecule has 3 heterocycles. The monoisotopic (exact) mass is 618 g/mol. The average Bonchev–Trinajstić information content (AvgIpc) is 3.73. The Balaban J connectivity index is 1.40. The molecule has 0 unspecified atom stereocenters. The lowest BCUT2D eigenvalue weighted by Gasteiger charge is -2.42. The molecule has 2 fully saturated rings. The van der Waals surface area contributed by atoms with E-state index in [-0.39, 0.29) is 15.8 Å². The van der Waals surface area contributed by atoms with Crippen molar-refractivity contribution in [1.29, 1.82) is 0 Å². The van der Waals surface area contributed by atoms with Crippen molar-refractivity contribution in [2.75, 3.05) is 29.4 Å². The number of rotatable bonds is 7. The lowest BCUT2D eigenvalue weighted by atomic mass is 10.1. The van der Waals surface area contributed by atoms with E-state index in [9.17, 15) is 21.2 Å². The highest BCUT2D eigenvalue weighted by molar-refractivity contribution is 7.92. The molecule has 0 amide bonds. The molecule has 2 aromatic carbocycles. The maximum Gasteiger partial charge on any atom is 0.283 e. The number of anilines is 2. The van der Waals surface area contributed by atoms with Gasteiger partial charge in [-0.2, -0.15) is 12.5 Å². The van der Waals surface area contributed by atoms with Crippen LogP contribution in [0.4, 0.5) is 16.2 Å². The average molecular weight is 619 g/mol. The highest BCUT2D eigenvalue weighted by Crippen LogP contribution is 2.42. The first-order valence-corrected chi connectivity index (χ1v) is 16.6. The fraction of sp³-hybridized carbons (Fsp3) is 0.370. The van der Waals surface area contributed by atoms with E-state index in [1.807, 2.05) is 4.90 Å². The van der Waals surface area contributed by atoms with Gasteiger partial charge < -0.3 is 9.80 Å². The maximum atomic E-state index is 13.9. The van der Waals surface area contributed by atoms with Crippen LogP contribution in [0.3, 0.4) is 0 Å². The van der Waals surface area contributed by atoms with Gasteiger partial charge in [-0.25, -0.2) is 22.8 Å². The number of nitrogens with zero attached hydrogens (tertiary/aromatic N) is 6. The van der Waals surface area contributed by atoms with Crippen LogP contribution in [-0.4, -0.2) is 66.9 Å². The molecule has 0 bridgehead atoms. The Morgan fingerprint density at radius 3 is 2.24 bits per heavy atom. The van der Waals surface area contributed by atoms with Gasteiger partial charge in [-0.1, -0.05) is 17.7 Å². The molecule has 1 aliphatic heterocycles. The largest absolute Gasteiger partial charge is 0.348 e. The summed E-state index contributed by atoms with van der Waals surface area (Å²) >= 11 is 6.67. The van der Waals surface area contributed by atoms with Crippen LogP contribution >= 0.6 is 11.6 Å². The number of piperazine rings is 1. The molecule has 0 spiro atoms. The van der Waals surface area contributed by atoms with Crippen LogP contribution in [-0.2, 0) is 19.9 Å². The SMILES string of the molecule is CC(C)S(=O)(=O)c1ccc(S(=O)(=O)n2nc(N3CCN(c4ncc(F)cn4)C[C@H]3C3CC3)c3c(Cl)cccc32)cc1. The normalized spacial score (nSPS) is 18.4. The number of halogens is 2. The maximum absolute atomic E-state index is 13.9. The summed E-state index contributed by atoms with van der Waals surface area (Å²) in [7, 11) is -7.77. The van der Waals surface area contributed by atoms with Crippen LogP contribution in [0.25, 0.3) is 10.9 Å². The van der Waals surface area contributed by atoms with Crippen LogP contribution in [0, 0.1) is 11.7 Å². The Labute approximate surface area is 242 Å². The summed E-state index contributed by atoms with van der Waals surface area (Å²) in [5.74, 6) is 0.767. The van der Waals surface area contributed by atoms with Gasteiger partial charge in [-0.3, -0.25) is 0 Å². The third-order valence-corrected chi connectivity index (χ3v) is 11.7. The van der Waals surface area contributed by atoms with Crippen molar-refractivity contribution in [3.63, 3.8) is 0 Å². The lowest BCUT2D eigenvalue weighted by Crippen LogP contribution is -2.55. The van der Waals surface area contributed by atoms with E-state index in [0.717, 1.165) is 29.3 Å². The van der Waals surface area contributed by atoms with Crippen LogP contribution in [0.1, 0.15) is 26.7 Å². The van der Waals surface area contributed by atoms with Crippen molar-refractivity contribution in [3.8, 4) is 0 Å². The van der Waals surface area contributed by atoms with E-state index in [1.54, 1.807) is 32.0 Å². The molecular formula is C27H28ClFN6O4S2. The van der Waals surface area contributed by atoms with Crippen LogP contribution < -0.4 is 9.80 Å². The summed E-state index contributed by atoms with van der Waals surface area (Å²) < 4.78 is 67.3. The molecule has 10 nitrogen and oxygen atoms in total. The van der Waals surface area contributed by atoms with Crippen molar-refractivity contribution in [1.82, 2.24) is 19.2 Å². The Hall–Kier alpha value is -3.29. The van der Waals surface area contributed by atoms with E-state index >= 15 is 0 Å². The van der Waals surface area contributed by atoms with Gasteiger partial charge in [0.15, 0.2) is 21.5 Å². The standard InChI is InChI=1S/C27H28ClFN6O4S2/c1-17(2)40(36,37)20-8-10-21(11-9-20)41(38,39)35-23-5-3-4-22(28)25(23)26(32-35)34-13-12-33(16-24(34)18-6-7-18)27-30-14-19(29)15-31-27/h3-5,8-11,14-15,17-18,24H,6-7,12-13,16H2,1-2H3/t24-/m0/s1. The van der Waals surface area contributed by atoms with Crippen LogP contribution in [0.5, 0.6) is 0 Å². The lowest BCUT2D eigenvalue weighted by molar-refractivity contribution is 0.469. The quantitative estimate of drug-likeness (QED) is 0.301. The Bertz CT molecular complexity index is 1830. The Morgan fingerprint density at radius 1 is 0.951 bits per heavy atom. The topological polar surface area (TPSA) is 118 Å². The van der Waals surface area contributed by atoms with Crippen molar-refractivity contribution < 1.29 is 21.2 Å². The first-order valence-electron chi connectivity index (χ1n) is 13.2. The zero-order chi connectivity index (χ0) is 29.1. The van der Waals surface area contributed by atoms with Gasteiger partial charge >= 0.3 is 0 Å². The molecule has 216 valence electrons. The minimum Gasteiger partial charge on any atom is -0.348 e. The summed E-state index contributed by atoms with van der Waals surface area (Å²) in [6.07, 6.45) is 4.34. The third-order valence-electron chi connectivity index (χ3n) is 7.65. The van der Waals surface area contributed by atoms with E-state index in [2.05, 4.69) is 20.0 Å². The van der Waals surface area contributed by atoms with Gasteiger partial charge in [0.05, 0.1) is 49.4 Å². The predicted molar refractivity (Wildman–Crippen MR) is 154 cm³/mol. The summed E-state index contributed by atoms with van der Waals surface area (Å²) in [6, 6.07) is 10.2. The zero-order valence-corrected chi connectivity index (χ0v) is 24.7. The number of hydrogen-bond acceptors (Lipinski definition) is 9. The highest BCUT2D eigenvalue weighted by Gasteiger charge is 2.41. The Kier molecular flexibility index (Phi) is 6.94. The van der Waals surface area contributed by atoms with Gasteiger partial charge in [-0.15, -0.1) is 5.10 Å². The summed E-state index contributed by atoms with van der Waals surface area (Å²) in [5.41, 5.74) is 0.324. The van der Waals surface area contributed by atoms with Crippen LogP contribution in [0.15, 0.2) is 64.6 Å². The molecule has 1 aliphatic carbocycles. The first kappa shape index (κ1) is 27.9. The molecule has 14 heteroatoms. The minimum absolute atomic E-state index is 0.0107. The second-order valence-electron chi connectivity index (χ2n) is 10.6. The molecule has 4 aromatic rings. The summed E-state index contributed by atoms with van der Waals surface area (Å²) in [4.78, 5) is 12.4. The number of sulfone groups is 1. The first-order chi connectivity index (χ1) is 19.5. The van der Waals surface area contributed by atoms with Crippen molar-refractivity contribution in [2.24, 2.45) is 5.92 Å². The fourth-order valence-electron chi connectivity index (χ4n) is 5.25. The number of fused-ring (bicyclic) bond motifs is 1. The molecule has 1 atom stereocenters. The van der Waals surface area contributed by atoms with Gasteiger partial charge in [0.2, 0.25) is 5.95 Å². The third kappa shape index (κ3) is 4.93. The van der Waals surface area contributed by atoms with E-state index in [1.165, 1.54) is 24.3 Å². The molecule has 1 saturated carbocycles. The van der Waals surface area contributed by atoms with Crippen molar-refractivity contribution in [2.45, 2.75) is 47.8 Å². The molecule has 1 saturated heterocycles. The minimum atomic E-state index is -4.20. The van der Waals surface area contributed by atoms with E-state index in [0.29, 0.717) is 53.2 Å². The van der Waals surface area contributed by atoms with Crippen molar-refractivity contribution in [3.05, 3.63) is 65.7 Å². The van der Waals surface area contributed by atoms with Crippen molar-refractivity contribution >= 4 is 54.1 Å². The smallest absolute Gasteiger partial charge is 0.283 e. The predicted octanol–water partition coefficient (Wildman–Crippen LogP) is 4.14.